The molecule has 0 atom stereocenters. The summed E-state index contributed by atoms with van der Waals surface area (Å²) in [5.74, 6) is 2.51. The fourth-order valence-electron chi connectivity index (χ4n) is 1.28. The normalized spacial score (nSPS) is 9.76. The molecule has 0 aliphatic rings. The van der Waals surface area contributed by atoms with E-state index < -0.39 is 0 Å². The summed E-state index contributed by atoms with van der Waals surface area (Å²) in [6, 6.07) is 9.00. The number of hydrogen-bond acceptors (Lipinski definition) is 5. The van der Waals surface area contributed by atoms with Crippen molar-refractivity contribution in [2.75, 3.05) is 19.5 Å². The molecule has 0 saturated carbocycles. The molecule has 88 valence electrons. The maximum Gasteiger partial charge on any atom is 0.225 e. The highest BCUT2D eigenvalue weighted by molar-refractivity contribution is 5.34. The van der Waals surface area contributed by atoms with Gasteiger partial charge in [-0.05, 0) is 24.3 Å². The standard InChI is InChI=1S/C12H13N3O2/c1-13-12-14-8-7-11(15-12)17-10-5-3-9(16-2)4-6-10/h3-8H,1-2H3,(H,13,14,15). The van der Waals surface area contributed by atoms with Gasteiger partial charge in [-0.2, -0.15) is 4.98 Å². The number of nitrogens with one attached hydrogen (secondary N) is 1. The van der Waals surface area contributed by atoms with Gasteiger partial charge in [0, 0.05) is 19.3 Å². The van der Waals surface area contributed by atoms with Crippen LogP contribution >= 0.6 is 0 Å². The zero-order valence-electron chi connectivity index (χ0n) is 9.68. The van der Waals surface area contributed by atoms with Crippen molar-refractivity contribution in [3.63, 3.8) is 0 Å². The third-order valence-corrected chi connectivity index (χ3v) is 2.14. The molecule has 0 aliphatic heterocycles. The molecule has 0 amide bonds. The van der Waals surface area contributed by atoms with Crippen LogP contribution in [0, 0.1) is 0 Å². The summed E-state index contributed by atoms with van der Waals surface area (Å²) < 4.78 is 10.6. The molecule has 0 spiro atoms. The lowest BCUT2D eigenvalue weighted by Crippen LogP contribution is -1.97. The highest BCUT2D eigenvalue weighted by Crippen LogP contribution is 2.22. The Kier molecular flexibility index (Phi) is 3.40. The fraction of sp³-hybridized carbons (Fsp3) is 0.167. The molecule has 5 heteroatoms. The first-order valence-electron chi connectivity index (χ1n) is 5.14. The van der Waals surface area contributed by atoms with Crippen LogP contribution in [0.3, 0.4) is 0 Å². The summed E-state index contributed by atoms with van der Waals surface area (Å²) in [6.07, 6.45) is 1.64. The summed E-state index contributed by atoms with van der Waals surface area (Å²) in [6.45, 7) is 0. The van der Waals surface area contributed by atoms with E-state index in [0.717, 1.165) is 5.75 Å². The lowest BCUT2D eigenvalue weighted by Gasteiger charge is -2.06. The van der Waals surface area contributed by atoms with Gasteiger partial charge < -0.3 is 14.8 Å². The van der Waals surface area contributed by atoms with E-state index in [1.165, 1.54) is 0 Å². The number of methoxy groups -OCH3 is 1. The second-order valence-corrected chi connectivity index (χ2v) is 3.25. The number of anilines is 1. The van der Waals surface area contributed by atoms with E-state index in [-0.39, 0.29) is 0 Å². The van der Waals surface area contributed by atoms with E-state index in [1.807, 2.05) is 24.3 Å². The molecule has 1 N–H and O–H groups in total. The van der Waals surface area contributed by atoms with Crippen molar-refractivity contribution in [3.8, 4) is 17.4 Å². The smallest absolute Gasteiger partial charge is 0.225 e. The topological polar surface area (TPSA) is 56.3 Å². The average Bonchev–Trinajstić information content (AvgIpc) is 2.40. The fourth-order valence-corrected chi connectivity index (χ4v) is 1.28. The Hall–Kier alpha value is -2.30. The number of nitrogens with zero attached hydrogens (tertiary/aromatic N) is 2. The first-order chi connectivity index (χ1) is 8.31. The van der Waals surface area contributed by atoms with Gasteiger partial charge in [0.05, 0.1) is 7.11 Å². The molecule has 1 aromatic carbocycles. The molecule has 0 saturated heterocycles. The molecule has 0 bridgehead atoms. The van der Waals surface area contributed by atoms with Gasteiger partial charge >= 0.3 is 0 Å². The van der Waals surface area contributed by atoms with Gasteiger partial charge in [-0.15, -0.1) is 0 Å². The molecule has 17 heavy (non-hydrogen) atoms. The molecule has 0 fully saturated rings. The Balaban J connectivity index is 2.13. The van der Waals surface area contributed by atoms with Crippen molar-refractivity contribution in [2.45, 2.75) is 0 Å². The first-order valence-corrected chi connectivity index (χ1v) is 5.14. The minimum atomic E-state index is 0.495. The van der Waals surface area contributed by atoms with Gasteiger partial charge in [-0.3, -0.25) is 0 Å². The number of aromatic nitrogens is 2. The minimum Gasteiger partial charge on any atom is -0.497 e. The monoisotopic (exact) mass is 231 g/mol. The maximum atomic E-state index is 5.57. The Bertz CT molecular complexity index is 485. The van der Waals surface area contributed by atoms with Gasteiger partial charge in [-0.1, -0.05) is 0 Å². The maximum absolute atomic E-state index is 5.57. The predicted octanol–water partition coefficient (Wildman–Crippen LogP) is 2.32. The lowest BCUT2D eigenvalue weighted by atomic mass is 10.3. The van der Waals surface area contributed by atoms with Crippen LogP contribution in [0.5, 0.6) is 17.4 Å². The minimum absolute atomic E-state index is 0.495. The van der Waals surface area contributed by atoms with Gasteiger partial charge in [-0.25, -0.2) is 4.98 Å². The van der Waals surface area contributed by atoms with Crippen molar-refractivity contribution in [3.05, 3.63) is 36.5 Å². The third-order valence-electron chi connectivity index (χ3n) is 2.14. The van der Waals surface area contributed by atoms with Gasteiger partial charge in [0.15, 0.2) is 0 Å². The highest BCUT2D eigenvalue weighted by Gasteiger charge is 2.00. The molecule has 2 aromatic rings. The van der Waals surface area contributed by atoms with Crippen LogP contribution < -0.4 is 14.8 Å². The van der Waals surface area contributed by atoms with E-state index in [4.69, 9.17) is 9.47 Å². The molecule has 0 unspecified atom stereocenters. The third kappa shape index (κ3) is 2.84. The van der Waals surface area contributed by atoms with Crippen LogP contribution in [0.1, 0.15) is 0 Å². The zero-order valence-corrected chi connectivity index (χ0v) is 9.68. The summed E-state index contributed by atoms with van der Waals surface area (Å²) >= 11 is 0. The molecular weight excluding hydrogens is 218 g/mol. The number of ether oxygens (including phenoxy) is 2. The van der Waals surface area contributed by atoms with Gasteiger partial charge in [0.2, 0.25) is 11.8 Å². The first kappa shape index (κ1) is 11.2. The molecule has 1 aromatic heterocycles. The molecule has 1 heterocycles. The van der Waals surface area contributed by atoms with E-state index in [9.17, 15) is 0 Å². The average molecular weight is 231 g/mol. The Morgan fingerprint density at radius 3 is 2.41 bits per heavy atom. The quantitative estimate of drug-likeness (QED) is 0.875. The van der Waals surface area contributed by atoms with E-state index in [2.05, 4.69) is 15.3 Å². The molecule has 2 rings (SSSR count). The van der Waals surface area contributed by atoms with Gasteiger partial charge in [0.1, 0.15) is 11.5 Å². The van der Waals surface area contributed by atoms with E-state index in [1.54, 1.807) is 26.4 Å². The predicted molar refractivity (Wildman–Crippen MR) is 64.6 cm³/mol. The molecule has 0 radical (unpaired) electrons. The van der Waals surface area contributed by atoms with Crippen LogP contribution in [-0.4, -0.2) is 24.1 Å². The highest BCUT2D eigenvalue weighted by atomic mass is 16.5. The van der Waals surface area contributed by atoms with Crippen molar-refractivity contribution >= 4 is 5.95 Å². The molecular formula is C12H13N3O2. The summed E-state index contributed by atoms with van der Waals surface area (Å²) in [5, 5.41) is 2.85. The number of benzene rings is 1. The van der Waals surface area contributed by atoms with Crippen LogP contribution in [0.4, 0.5) is 5.95 Å². The summed E-state index contributed by atoms with van der Waals surface area (Å²) in [7, 11) is 3.38. The Morgan fingerprint density at radius 2 is 1.76 bits per heavy atom. The van der Waals surface area contributed by atoms with Crippen molar-refractivity contribution < 1.29 is 9.47 Å². The van der Waals surface area contributed by atoms with E-state index >= 15 is 0 Å². The van der Waals surface area contributed by atoms with Crippen molar-refractivity contribution in [2.24, 2.45) is 0 Å². The Labute approximate surface area is 99.4 Å². The molecule has 0 aliphatic carbocycles. The van der Waals surface area contributed by atoms with Gasteiger partial charge in [0.25, 0.3) is 0 Å². The SMILES string of the molecule is CNc1nccc(Oc2ccc(OC)cc2)n1. The second-order valence-electron chi connectivity index (χ2n) is 3.25. The Morgan fingerprint density at radius 1 is 1.06 bits per heavy atom. The van der Waals surface area contributed by atoms with Crippen molar-refractivity contribution in [1.29, 1.82) is 0 Å². The number of rotatable bonds is 4. The summed E-state index contributed by atoms with van der Waals surface area (Å²) in [4.78, 5) is 8.16. The zero-order chi connectivity index (χ0) is 12.1. The second kappa shape index (κ2) is 5.16. The van der Waals surface area contributed by atoms with Crippen molar-refractivity contribution in [1.82, 2.24) is 9.97 Å². The van der Waals surface area contributed by atoms with Crippen LogP contribution in [-0.2, 0) is 0 Å². The van der Waals surface area contributed by atoms with E-state index in [0.29, 0.717) is 17.6 Å². The van der Waals surface area contributed by atoms with Crippen LogP contribution in [0.2, 0.25) is 0 Å². The van der Waals surface area contributed by atoms with Crippen LogP contribution in [0.25, 0.3) is 0 Å². The lowest BCUT2D eigenvalue weighted by molar-refractivity contribution is 0.412. The number of hydrogen-bond donors (Lipinski definition) is 1. The largest absolute Gasteiger partial charge is 0.497 e. The molecule has 5 nitrogen and oxygen atoms in total. The van der Waals surface area contributed by atoms with Crippen LogP contribution in [0.15, 0.2) is 36.5 Å². The summed E-state index contributed by atoms with van der Waals surface area (Å²) in [5.41, 5.74) is 0.